The van der Waals surface area contributed by atoms with Crippen molar-refractivity contribution in [1.29, 1.82) is 0 Å². The Labute approximate surface area is 170 Å². The predicted octanol–water partition coefficient (Wildman–Crippen LogP) is 5.76. The average Bonchev–Trinajstić information content (AvgIpc) is 3.13. The number of ether oxygens (including phenoxy) is 1. The summed E-state index contributed by atoms with van der Waals surface area (Å²) in [5.41, 5.74) is 3.26. The number of nitrogens with one attached hydrogen (secondary N) is 1. The van der Waals surface area contributed by atoms with Gasteiger partial charge in [0.15, 0.2) is 0 Å². The average molecular weight is 417 g/mol. The Morgan fingerprint density at radius 3 is 2.68 bits per heavy atom. The van der Waals surface area contributed by atoms with Gasteiger partial charge in [0, 0.05) is 17.7 Å². The Balaban J connectivity index is 1.66. The maximum atomic E-state index is 12.4. The van der Waals surface area contributed by atoms with E-state index in [0.717, 1.165) is 16.9 Å². The number of halogens is 1. The number of anilines is 1. The van der Waals surface area contributed by atoms with Crippen LogP contribution in [0.25, 0.3) is 0 Å². The minimum atomic E-state index is -0.542. The number of benzene rings is 2. The summed E-state index contributed by atoms with van der Waals surface area (Å²) in [5, 5.41) is 15.6. The van der Waals surface area contributed by atoms with Crippen molar-refractivity contribution in [3.05, 3.63) is 84.5 Å². The number of carbonyl (C=O) groups is 1. The molecule has 6 nitrogen and oxygen atoms in total. The first-order chi connectivity index (χ1) is 13.3. The molecule has 1 heterocycles. The van der Waals surface area contributed by atoms with Crippen molar-refractivity contribution in [3.63, 3.8) is 0 Å². The summed E-state index contributed by atoms with van der Waals surface area (Å²) in [6.45, 7) is 4.40. The number of nitro groups is 1. The standard InChI is InChI=1S/C20H17ClN2O4S/c1-12-3-5-16(7-13(12)2)27-10-14-8-19(28-11-14)20(24)22-18-9-15(23(25)26)4-6-17(18)21/h3-9,11H,10H2,1-2H3,(H,22,24). The summed E-state index contributed by atoms with van der Waals surface area (Å²) in [5.74, 6) is 0.383. The van der Waals surface area contributed by atoms with Gasteiger partial charge in [-0.1, -0.05) is 17.7 Å². The van der Waals surface area contributed by atoms with Gasteiger partial charge < -0.3 is 10.1 Å². The largest absolute Gasteiger partial charge is 0.489 e. The highest BCUT2D eigenvalue weighted by Gasteiger charge is 2.15. The fourth-order valence-corrected chi connectivity index (χ4v) is 3.40. The molecule has 0 bridgehead atoms. The van der Waals surface area contributed by atoms with Crippen molar-refractivity contribution in [1.82, 2.24) is 0 Å². The van der Waals surface area contributed by atoms with Crippen LogP contribution >= 0.6 is 22.9 Å². The predicted molar refractivity (Wildman–Crippen MR) is 111 cm³/mol. The van der Waals surface area contributed by atoms with Crippen LogP contribution in [-0.2, 0) is 6.61 Å². The van der Waals surface area contributed by atoms with Crippen LogP contribution in [0.1, 0.15) is 26.4 Å². The second-order valence-electron chi connectivity index (χ2n) is 6.23. The summed E-state index contributed by atoms with van der Waals surface area (Å²) in [4.78, 5) is 23.3. The van der Waals surface area contributed by atoms with Crippen molar-refractivity contribution in [2.24, 2.45) is 0 Å². The molecule has 0 aliphatic carbocycles. The lowest BCUT2D eigenvalue weighted by Gasteiger charge is -2.07. The summed E-state index contributed by atoms with van der Waals surface area (Å²) >= 11 is 7.29. The summed E-state index contributed by atoms with van der Waals surface area (Å²) < 4.78 is 5.78. The van der Waals surface area contributed by atoms with Gasteiger partial charge in [-0.15, -0.1) is 11.3 Å². The van der Waals surface area contributed by atoms with Crippen molar-refractivity contribution in [3.8, 4) is 5.75 Å². The molecule has 3 aromatic rings. The van der Waals surface area contributed by atoms with E-state index in [4.69, 9.17) is 16.3 Å². The lowest BCUT2D eigenvalue weighted by atomic mass is 10.1. The molecule has 0 saturated heterocycles. The third kappa shape index (κ3) is 4.68. The van der Waals surface area contributed by atoms with Crippen LogP contribution in [0.3, 0.4) is 0 Å². The molecule has 0 aliphatic rings. The topological polar surface area (TPSA) is 81.5 Å². The Kier molecular flexibility index (Phi) is 5.96. The molecule has 0 atom stereocenters. The number of thiophene rings is 1. The van der Waals surface area contributed by atoms with E-state index in [1.165, 1.54) is 35.1 Å². The van der Waals surface area contributed by atoms with E-state index < -0.39 is 4.92 Å². The minimum absolute atomic E-state index is 0.145. The minimum Gasteiger partial charge on any atom is -0.489 e. The summed E-state index contributed by atoms with van der Waals surface area (Å²) in [6, 6.07) is 11.5. The maximum Gasteiger partial charge on any atom is 0.271 e. The highest BCUT2D eigenvalue weighted by Crippen LogP contribution is 2.28. The molecule has 0 saturated carbocycles. The van der Waals surface area contributed by atoms with Gasteiger partial charge in [0.05, 0.1) is 20.5 Å². The Morgan fingerprint density at radius 2 is 1.96 bits per heavy atom. The Morgan fingerprint density at radius 1 is 1.18 bits per heavy atom. The van der Waals surface area contributed by atoms with Gasteiger partial charge in [0.1, 0.15) is 12.4 Å². The zero-order valence-electron chi connectivity index (χ0n) is 15.2. The smallest absolute Gasteiger partial charge is 0.271 e. The van der Waals surface area contributed by atoms with E-state index in [1.807, 2.05) is 37.4 Å². The van der Waals surface area contributed by atoms with Crippen LogP contribution in [0.4, 0.5) is 11.4 Å². The zero-order chi connectivity index (χ0) is 20.3. The Hall–Kier alpha value is -2.90. The highest BCUT2D eigenvalue weighted by molar-refractivity contribution is 7.12. The fourth-order valence-electron chi connectivity index (χ4n) is 2.45. The van der Waals surface area contributed by atoms with Crippen LogP contribution < -0.4 is 10.1 Å². The van der Waals surface area contributed by atoms with Crippen LogP contribution in [0, 0.1) is 24.0 Å². The lowest BCUT2D eigenvalue weighted by molar-refractivity contribution is -0.384. The van der Waals surface area contributed by atoms with Crippen LogP contribution in [-0.4, -0.2) is 10.8 Å². The molecule has 1 amide bonds. The van der Waals surface area contributed by atoms with Gasteiger partial charge in [0.25, 0.3) is 11.6 Å². The maximum absolute atomic E-state index is 12.4. The quantitative estimate of drug-likeness (QED) is 0.409. The number of hydrogen-bond donors (Lipinski definition) is 1. The lowest BCUT2D eigenvalue weighted by Crippen LogP contribution is -2.10. The highest BCUT2D eigenvalue weighted by atomic mass is 35.5. The van der Waals surface area contributed by atoms with Crippen LogP contribution in [0.15, 0.2) is 47.8 Å². The van der Waals surface area contributed by atoms with Gasteiger partial charge in [-0.05, 0) is 54.6 Å². The number of aryl methyl sites for hydroxylation is 2. The van der Waals surface area contributed by atoms with E-state index in [-0.39, 0.29) is 22.3 Å². The molecule has 1 N–H and O–H groups in total. The zero-order valence-corrected chi connectivity index (χ0v) is 16.8. The van der Waals surface area contributed by atoms with Crippen molar-refractivity contribution < 1.29 is 14.5 Å². The van der Waals surface area contributed by atoms with Gasteiger partial charge in [0.2, 0.25) is 0 Å². The molecular weight excluding hydrogens is 400 g/mol. The number of carbonyl (C=O) groups excluding carboxylic acids is 1. The first-order valence-electron chi connectivity index (χ1n) is 8.36. The third-order valence-corrected chi connectivity index (χ3v) is 5.48. The second kappa shape index (κ2) is 8.41. The number of rotatable bonds is 6. The number of amides is 1. The number of non-ortho nitro benzene ring substituents is 1. The van der Waals surface area contributed by atoms with Crippen LogP contribution in [0.5, 0.6) is 5.75 Å². The monoisotopic (exact) mass is 416 g/mol. The molecule has 28 heavy (non-hydrogen) atoms. The molecule has 0 aliphatic heterocycles. The van der Waals surface area contributed by atoms with E-state index in [2.05, 4.69) is 5.32 Å². The number of nitro benzene ring substituents is 1. The van der Waals surface area contributed by atoms with Gasteiger partial charge in [-0.2, -0.15) is 0 Å². The first-order valence-corrected chi connectivity index (χ1v) is 9.62. The van der Waals surface area contributed by atoms with Gasteiger partial charge in [-0.3, -0.25) is 14.9 Å². The second-order valence-corrected chi connectivity index (χ2v) is 7.55. The molecule has 2 aromatic carbocycles. The molecule has 0 spiro atoms. The third-order valence-electron chi connectivity index (χ3n) is 4.17. The van der Waals surface area contributed by atoms with E-state index in [0.29, 0.717) is 11.5 Å². The molecule has 144 valence electrons. The van der Waals surface area contributed by atoms with Crippen molar-refractivity contribution in [2.45, 2.75) is 20.5 Å². The van der Waals surface area contributed by atoms with E-state index in [1.54, 1.807) is 6.07 Å². The van der Waals surface area contributed by atoms with Gasteiger partial charge >= 0.3 is 0 Å². The van der Waals surface area contributed by atoms with E-state index >= 15 is 0 Å². The number of hydrogen-bond acceptors (Lipinski definition) is 5. The summed E-state index contributed by atoms with van der Waals surface area (Å²) in [6.07, 6.45) is 0. The van der Waals surface area contributed by atoms with Gasteiger partial charge in [-0.25, -0.2) is 0 Å². The molecule has 3 rings (SSSR count). The van der Waals surface area contributed by atoms with Crippen LogP contribution in [0.2, 0.25) is 5.02 Å². The molecule has 0 unspecified atom stereocenters. The molecule has 0 fully saturated rings. The van der Waals surface area contributed by atoms with E-state index in [9.17, 15) is 14.9 Å². The molecule has 8 heteroatoms. The summed E-state index contributed by atoms with van der Waals surface area (Å²) in [7, 11) is 0. The Bertz CT molecular complexity index is 1050. The molecular formula is C20H17ClN2O4S. The fraction of sp³-hybridized carbons (Fsp3) is 0.150. The normalized spacial score (nSPS) is 10.5. The molecule has 1 aromatic heterocycles. The van der Waals surface area contributed by atoms with Crippen molar-refractivity contribution >= 4 is 40.2 Å². The molecule has 0 radical (unpaired) electrons. The SMILES string of the molecule is Cc1ccc(OCc2csc(C(=O)Nc3cc([N+](=O)[O-])ccc3Cl)c2)cc1C. The number of nitrogens with zero attached hydrogens (tertiary/aromatic N) is 1. The van der Waals surface area contributed by atoms with Crippen molar-refractivity contribution in [2.75, 3.05) is 5.32 Å². The first kappa shape index (κ1) is 19.9.